The molecule has 0 unspecified atom stereocenters. The maximum absolute atomic E-state index is 13.1. The number of hydrogen-bond donors (Lipinski definition) is 0. The van der Waals surface area contributed by atoms with Crippen LogP contribution in [0.15, 0.2) is 80.3 Å². The van der Waals surface area contributed by atoms with E-state index in [1.54, 1.807) is 37.3 Å². The Morgan fingerprint density at radius 2 is 1.90 bits per heavy atom. The van der Waals surface area contributed by atoms with Crippen molar-refractivity contribution >= 4 is 29.5 Å². The Hall–Kier alpha value is -3.82. The van der Waals surface area contributed by atoms with E-state index >= 15 is 0 Å². The smallest absolute Gasteiger partial charge is 0.272 e. The lowest BCUT2D eigenvalue weighted by Crippen LogP contribution is -2.42. The fourth-order valence-corrected chi connectivity index (χ4v) is 3.44. The van der Waals surface area contributed by atoms with Gasteiger partial charge >= 0.3 is 0 Å². The molecule has 0 bridgehead atoms. The molecule has 4 rings (SSSR count). The molecule has 0 radical (unpaired) electrons. The molecule has 0 fully saturated rings. The predicted octanol–water partition coefficient (Wildman–Crippen LogP) is 4.99. The van der Waals surface area contributed by atoms with Crippen molar-refractivity contribution in [1.29, 1.82) is 5.26 Å². The zero-order valence-corrected chi connectivity index (χ0v) is 16.6. The number of hydrogen-bond acceptors (Lipinski definition) is 5. The Morgan fingerprint density at radius 3 is 2.60 bits per heavy atom. The Balaban J connectivity index is 1.73. The average molecular weight is 419 g/mol. The van der Waals surface area contributed by atoms with E-state index in [0.29, 0.717) is 27.9 Å². The molecule has 148 valence electrons. The van der Waals surface area contributed by atoms with Gasteiger partial charge in [-0.15, -0.1) is 0 Å². The third kappa shape index (κ3) is 3.47. The number of carbonyl (C=O) groups excluding carboxylic acids is 2. The summed E-state index contributed by atoms with van der Waals surface area (Å²) in [5, 5.41) is 10.0. The highest BCUT2D eigenvalue weighted by molar-refractivity contribution is 6.33. The molecule has 0 atom stereocenters. The molecule has 3 heterocycles. The number of rotatable bonds is 4. The zero-order valence-electron chi connectivity index (χ0n) is 15.9. The van der Waals surface area contributed by atoms with E-state index in [-0.39, 0.29) is 17.7 Å². The molecule has 1 aromatic carbocycles. The van der Waals surface area contributed by atoms with Crippen LogP contribution in [0.2, 0.25) is 5.02 Å². The van der Waals surface area contributed by atoms with Gasteiger partial charge in [0.05, 0.1) is 17.8 Å². The van der Waals surface area contributed by atoms with E-state index in [2.05, 4.69) is 0 Å². The summed E-state index contributed by atoms with van der Waals surface area (Å²) in [6.07, 6.45) is 2.98. The Morgan fingerprint density at radius 1 is 1.10 bits per heavy atom. The lowest BCUT2D eigenvalue weighted by atomic mass is 9.94. The molecule has 0 saturated heterocycles. The quantitative estimate of drug-likeness (QED) is 0.440. The van der Waals surface area contributed by atoms with Crippen molar-refractivity contribution in [2.24, 2.45) is 0 Å². The molecule has 2 aromatic heterocycles. The van der Waals surface area contributed by atoms with Crippen molar-refractivity contribution in [2.45, 2.75) is 13.5 Å². The monoisotopic (exact) mass is 418 g/mol. The van der Waals surface area contributed by atoms with Gasteiger partial charge in [-0.05, 0) is 55.0 Å². The van der Waals surface area contributed by atoms with Gasteiger partial charge in [0.25, 0.3) is 11.8 Å². The molecule has 6 nitrogen and oxygen atoms in total. The van der Waals surface area contributed by atoms with Gasteiger partial charge in [-0.3, -0.25) is 14.5 Å². The lowest BCUT2D eigenvalue weighted by molar-refractivity contribution is -0.141. The molecule has 0 aliphatic carbocycles. The van der Waals surface area contributed by atoms with Gasteiger partial charge in [-0.2, -0.15) is 5.26 Å². The number of imide groups is 1. The molecule has 3 aromatic rings. The lowest BCUT2D eigenvalue weighted by Gasteiger charge is -2.26. The van der Waals surface area contributed by atoms with Crippen molar-refractivity contribution in [2.75, 3.05) is 0 Å². The van der Waals surface area contributed by atoms with Crippen molar-refractivity contribution in [3.63, 3.8) is 0 Å². The van der Waals surface area contributed by atoms with Gasteiger partial charge in [0.2, 0.25) is 0 Å². The van der Waals surface area contributed by atoms with Gasteiger partial charge in [0, 0.05) is 11.1 Å². The second kappa shape index (κ2) is 7.90. The van der Waals surface area contributed by atoms with Crippen LogP contribution in [0.25, 0.3) is 17.4 Å². The number of amides is 2. The second-order valence-corrected chi connectivity index (χ2v) is 7.03. The topological polar surface area (TPSA) is 87.5 Å². The van der Waals surface area contributed by atoms with Crippen molar-refractivity contribution in [1.82, 2.24) is 4.90 Å². The highest BCUT2D eigenvalue weighted by Crippen LogP contribution is 2.32. The van der Waals surface area contributed by atoms with Gasteiger partial charge in [-0.25, -0.2) is 0 Å². The SMILES string of the molecule is CC1=C(C#N)C(=O)N(Cc2ccco2)C(=O)/C1=C/c1ccc(-c2ccccc2Cl)o1. The van der Waals surface area contributed by atoms with Crippen molar-refractivity contribution in [3.05, 3.63) is 88.1 Å². The minimum absolute atomic E-state index is 0.0660. The number of carbonyl (C=O) groups is 2. The highest BCUT2D eigenvalue weighted by atomic mass is 35.5. The van der Waals surface area contributed by atoms with Crippen LogP contribution in [0.5, 0.6) is 0 Å². The summed E-state index contributed by atoms with van der Waals surface area (Å²) in [5.41, 5.74) is 1.14. The minimum Gasteiger partial charge on any atom is -0.467 e. The number of halogens is 1. The number of nitrogens with zero attached hydrogens (tertiary/aromatic N) is 2. The zero-order chi connectivity index (χ0) is 21.3. The average Bonchev–Trinajstić information content (AvgIpc) is 3.41. The van der Waals surface area contributed by atoms with Crippen LogP contribution in [-0.4, -0.2) is 16.7 Å². The molecule has 0 N–H and O–H groups in total. The van der Waals surface area contributed by atoms with Crippen molar-refractivity contribution < 1.29 is 18.4 Å². The maximum Gasteiger partial charge on any atom is 0.272 e. The van der Waals surface area contributed by atoms with E-state index in [4.69, 9.17) is 20.4 Å². The molecule has 2 amide bonds. The van der Waals surface area contributed by atoms with Gasteiger partial charge in [-0.1, -0.05) is 23.7 Å². The summed E-state index contributed by atoms with van der Waals surface area (Å²) in [6, 6.07) is 15.9. The van der Waals surface area contributed by atoms with Crippen LogP contribution >= 0.6 is 11.6 Å². The van der Waals surface area contributed by atoms with Crippen LogP contribution < -0.4 is 0 Å². The Labute approximate surface area is 177 Å². The molecule has 0 saturated carbocycles. The third-order valence-electron chi connectivity index (χ3n) is 4.77. The maximum atomic E-state index is 13.1. The standard InChI is InChI=1S/C23H15ClN2O4/c1-14-18(11-15-8-9-21(30-15)17-6-2-3-7-20(17)24)22(27)26(23(28)19(14)12-25)13-16-5-4-10-29-16/h2-11H,13H2,1H3/b18-11+. The molecule has 1 aliphatic rings. The number of benzene rings is 1. The van der Waals surface area contributed by atoms with E-state index in [1.165, 1.54) is 12.3 Å². The first-order chi connectivity index (χ1) is 14.5. The Kier molecular flexibility index (Phi) is 5.13. The van der Waals surface area contributed by atoms with Crippen LogP contribution in [0, 0.1) is 11.3 Å². The molecule has 30 heavy (non-hydrogen) atoms. The van der Waals surface area contributed by atoms with Crippen LogP contribution in [0.3, 0.4) is 0 Å². The largest absolute Gasteiger partial charge is 0.467 e. The summed E-state index contributed by atoms with van der Waals surface area (Å²) in [4.78, 5) is 26.7. The summed E-state index contributed by atoms with van der Waals surface area (Å²) in [7, 11) is 0. The Bertz CT molecular complexity index is 1240. The number of nitriles is 1. The van der Waals surface area contributed by atoms with Gasteiger partial charge < -0.3 is 8.83 Å². The summed E-state index contributed by atoms with van der Waals surface area (Å²) in [5.74, 6) is 0.207. The van der Waals surface area contributed by atoms with Crippen molar-refractivity contribution in [3.8, 4) is 17.4 Å². The molecular formula is C23H15ClN2O4. The normalized spacial score (nSPS) is 15.8. The van der Waals surface area contributed by atoms with E-state index in [9.17, 15) is 14.9 Å². The van der Waals surface area contributed by atoms with E-state index in [0.717, 1.165) is 10.5 Å². The van der Waals surface area contributed by atoms with Crippen LogP contribution in [-0.2, 0) is 16.1 Å². The summed E-state index contributed by atoms with van der Waals surface area (Å²) in [6.45, 7) is 1.51. The first-order valence-electron chi connectivity index (χ1n) is 9.06. The first-order valence-corrected chi connectivity index (χ1v) is 9.43. The summed E-state index contributed by atoms with van der Waals surface area (Å²) < 4.78 is 11.1. The molecule has 1 aliphatic heterocycles. The predicted molar refractivity (Wildman–Crippen MR) is 110 cm³/mol. The molecule has 0 spiro atoms. The first kappa shape index (κ1) is 19.5. The third-order valence-corrected chi connectivity index (χ3v) is 5.10. The van der Waals surface area contributed by atoms with Gasteiger partial charge in [0.1, 0.15) is 28.9 Å². The fraction of sp³-hybridized carbons (Fsp3) is 0.0870. The highest BCUT2D eigenvalue weighted by Gasteiger charge is 2.36. The van der Waals surface area contributed by atoms with Gasteiger partial charge in [0.15, 0.2) is 0 Å². The van der Waals surface area contributed by atoms with Crippen LogP contribution in [0.1, 0.15) is 18.4 Å². The van der Waals surface area contributed by atoms with E-state index in [1.807, 2.05) is 24.3 Å². The molecular weight excluding hydrogens is 404 g/mol. The fourth-order valence-electron chi connectivity index (χ4n) is 3.21. The minimum atomic E-state index is -0.648. The number of furan rings is 2. The van der Waals surface area contributed by atoms with Crippen LogP contribution in [0.4, 0.5) is 0 Å². The van der Waals surface area contributed by atoms with E-state index < -0.39 is 11.8 Å². The molecule has 7 heteroatoms. The summed E-state index contributed by atoms with van der Waals surface area (Å²) >= 11 is 6.22. The second-order valence-electron chi connectivity index (χ2n) is 6.63.